The van der Waals surface area contributed by atoms with E-state index in [-0.39, 0.29) is 0 Å². The number of nitrogens with two attached hydrogens (primary N) is 1. The van der Waals surface area contributed by atoms with E-state index in [4.69, 9.17) is 5.73 Å². The van der Waals surface area contributed by atoms with Crippen molar-refractivity contribution in [2.24, 2.45) is 11.7 Å². The van der Waals surface area contributed by atoms with Gasteiger partial charge in [-0.3, -0.25) is 4.90 Å². The molecular formula is C15H24N2. The van der Waals surface area contributed by atoms with Crippen LogP contribution in [0, 0.1) is 5.92 Å². The molecule has 1 heterocycles. The fourth-order valence-corrected chi connectivity index (χ4v) is 2.90. The van der Waals surface area contributed by atoms with Gasteiger partial charge >= 0.3 is 0 Å². The Kier molecular flexibility index (Phi) is 3.85. The monoisotopic (exact) mass is 232 g/mol. The van der Waals surface area contributed by atoms with Gasteiger partial charge in [-0.25, -0.2) is 0 Å². The van der Waals surface area contributed by atoms with Crippen LogP contribution in [0.15, 0.2) is 30.3 Å². The predicted molar refractivity (Wildman–Crippen MR) is 72.7 cm³/mol. The summed E-state index contributed by atoms with van der Waals surface area (Å²) in [6.45, 7) is 7.92. The van der Waals surface area contributed by atoms with Crippen LogP contribution in [0.25, 0.3) is 0 Å². The van der Waals surface area contributed by atoms with Crippen LogP contribution < -0.4 is 5.73 Å². The molecule has 0 bridgehead atoms. The molecular weight excluding hydrogens is 208 g/mol. The molecule has 2 rings (SSSR count). The third kappa shape index (κ3) is 2.70. The average molecular weight is 232 g/mol. The summed E-state index contributed by atoms with van der Waals surface area (Å²) in [7, 11) is 0. The van der Waals surface area contributed by atoms with E-state index in [0.29, 0.717) is 24.0 Å². The van der Waals surface area contributed by atoms with Crippen LogP contribution in [0.5, 0.6) is 0 Å². The number of hydrogen-bond donors (Lipinski definition) is 1. The topological polar surface area (TPSA) is 29.3 Å². The van der Waals surface area contributed by atoms with Crippen molar-refractivity contribution >= 4 is 0 Å². The summed E-state index contributed by atoms with van der Waals surface area (Å²) in [5, 5.41) is 0. The molecule has 0 unspecified atom stereocenters. The summed E-state index contributed by atoms with van der Waals surface area (Å²) in [5.41, 5.74) is 7.59. The molecule has 2 N–H and O–H groups in total. The van der Waals surface area contributed by atoms with Gasteiger partial charge in [-0.15, -0.1) is 0 Å². The molecule has 1 fully saturated rings. The third-order valence-electron chi connectivity index (χ3n) is 4.35. The largest absolute Gasteiger partial charge is 0.327 e. The van der Waals surface area contributed by atoms with Crippen LogP contribution >= 0.6 is 0 Å². The Morgan fingerprint density at radius 1 is 1.18 bits per heavy atom. The maximum absolute atomic E-state index is 6.19. The minimum absolute atomic E-state index is 0.354. The molecule has 0 aliphatic carbocycles. The zero-order valence-electron chi connectivity index (χ0n) is 11.1. The summed E-state index contributed by atoms with van der Waals surface area (Å²) in [6, 6.07) is 12.2. The second kappa shape index (κ2) is 5.19. The summed E-state index contributed by atoms with van der Waals surface area (Å²) >= 11 is 0. The Balaban J connectivity index is 2.09. The van der Waals surface area contributed by atoms with E-state index in [2.05, 4.69) is 56.0 Å². The van der Waals surface area contributed by atoms with Crippen molar-refractivity contribution in [2.75, 3.05) is 0 Å². The van der Waals surface area contributed by atoms with Gasteiger partial charge in [-0.1, -0.05) is 37.3 Å². The first-order chi connectivity index (χ1) is 8.09. The van der Waals surface area contributed by atoms with Gasteiger partial charge in [0.2, 0.25) is 0 Å². The highest BCUT2D eigenvalue weighted by Gasteiger charge is 2.34. The molecule has 0 amide bonds. The number of rotatable bonds is 2. The van der Waals surface area contributed by atoms with E-state index < -0.39 is 0 Å². The fourth-order valence-electron chi connectivity index (χ4n) is 2.90. The highest BCUT2D eigenvalue weighted by molar-refractivity contribution is 5.15. The second-order valence-corrected chi connectivity index (χ2v) is 5.51. The smallest absolute Gasteiger partial charge is 0.0239 e. The molecule has 4 atom stereocenters. The molecule has 1 aliphatic rings. The van der Waals surface area contributed by atoms with Gasteiger partial charge < -0.3 is 5.73 Å². The quantitative estimate of drug-likeness (QED) is 0.849. The van der Waals surface area contributed by atoms with Gasteiger partial charge in [-0.2, -0.15) is 0 Å². The first-order valence-electron chi connectivity index (χ1n) is 6.65. The molecule has 0 saturated carbocycles. The highest BCUT2D eigenvalue weighted by atomic mass is 15.2. The lowest BCUT2D eigenvalue weighted by molar-refractivity contribution is 0.0439. The average Bonchev–Trinajstić information content (AvgIpc) is 2.33. The molecule has 2 nitrogen and oxygen atoms in total. The van der Waals surface area contributed by atoms with E-state index >= 15 is 0 Å². The molecule has 1 aliphatic heterocycles. The molecule has 0 radical (unpaired) electrons. The maximum Gasteiger partial charge on any atom is 0.0239 e. The Hall–Kier alpha value is -0.860. The standard InChI is InChI=1S/C15H24N2/c1-11-9-15(16)12(2)13(3)17(11)10-14-7-5-4-6-8-14/h4-8,11-13,15H,9-10,16H2,1-3H3/t11-,12-,13-,15+/m0/s1. The van der Waals surface area contributed by atoms with Crippen molar-refractivity contribution in [3.8, 4) is 0 Å². The molecule has 1 saturated heterocycles. The van der Waals surface area contributed by atoms with Gasteiger partial charge in [-0.05, 0) is 31.7 Å². The van der Waals surface area contributed by atoms with Crippen molar-refractivity contribution in [3.63, 3.8) is 0 Å². The number of piperidine rings is 1. The van der Waals surface area contributed by atoms with Crippen molar-refractivity contribution in [3.05, 3.63) is 35.9 Å². The number of nitrogens with zero attached hydrogens (tertiary/aromatic N) is 1. The summed E-state index contributed by atoms with van der Waals surface area (Å²) in [5.74, 6) is 0.579. The predicted octanol–water partition coefficient (Wildman–Crippen LogP) is 2.63. The van der Waals surface area contributed by atoms with Gasteiger partial charge in [0.05, 0.1) is 0 Å². The van der Waals surface area contributed by atoms with Crippen LogP contribution in [-0.4, -0.2) is 23.0 Å². The Morgan fingerprint density at radius 2 is 1.82 bits per heavy atom. The summed E-state index contributed by atoms with van der Waals surface area (Å²) in [4.78, 5) is 2.59. The Morgan fingerprint density at radius 3 is 2.47 bits per heavy atom. The van der Waals surface area contributed by atoms with Gasteiger partial charge in [0, 0.05) is 24.7 Å². The zero-order valence-corrected chi connectivity index (χ0v) is 11.1. The fraction of sp³-hybridized carbons (Fsp3) is 0.600. The SMILES string of the molecule is C[C@@H]1[C@H](N)C[C@H](C)N(Cc2ccccc2)[C@H]1C. The summed E-state index contributed by atoms with van der Waals surface area (Å²) < 4.78 is 0. The zero-order chi connectivity index (χ0) is 12.4. The van der Waals surface area contributed by atoms with E-state index in [9.17, 15) is 0 Å². The number of benzene rings is 1. The molecule has 0 spiro atoms. The number of hydrogen-bond acceptors (Lipinski definition) is 2. The van der Waals surface area contributed by atoms with Gasteiger partial charge in [0.25, 0.3) is 0 Å². The lowest BCUT2D eigenvalue weighted by Crippen LogP contribution is -2.55. The lowest BCUT2D eigenvalue weighted by atomic mass is 9.84. The van der Waals surface area contributed by atoms with E-state index in [1.807, 2.05) is 0 Å². The molecule has 94 valence electrons. The normalized spacial score (nSPS) is 34.8. The molecule has 0 aromatic heterocycles. The van der Waals surface area contributed by atoms with E-state index in [1.165, 1.54) is 5.56 Å². The van der Waals surface area contributed by atoms with Gasteiger partial charge in [0.1, 0.15) is 0 Å². The molecule has 1 aromatic rings. The summed E-state index contributed by atoms with van der Waals surface area (Å²) in [6.07, 6.45) is 1.11. The molecule has 17 heavy (non-hydrogen) atoms. The highest BCUT2D eigenvalue weighted by Crippen LogP contribution is 2.28. The van der Waals surface area contributed by atoms with Crippen molar-refractivity contribution in [1.82, 2.24) is 4.90 Å². The lowest BCUT2D eigenvalue weighted by Gasteiger charge is -2.45. The third-order valence-corrected chi connectivity index (χ3v) is 4.35. The van der Waals surface area contributed by atoms with E-state index in [0.717, 1.165) is 13.0 Å². The number of likely N-dealkylation sites (tertiary alicyclic amines) is 1. The van der Waals surface area contributed by atoms with Crippen LogP contribution in [0.1, 0.15) is 32.8 Å². The first-order valence-corrected chi connectivity index (χ1v) is 6.65. The maximum atomic E-state index is 6.19. The Bertz CT molecular complexity index is 349. The second-order valence-electron chi connectivity index (χ2n) is 5.51. The van der Waals surface area contributed by atoms with Crippen molar-refractivity contribution < 1.29 is 0 Å². The van der Waals surface area contributed by atoms with Crippen LogP contribution in [0.2, 0.25) is 0 Å². The molecule has 1 aromatic carbocycles. The van der Waals surface area contributed by atoms with E-state index in [1.54, 1.807) is 0 Å². The molecule has 2 heteroatoms. The van der Waals surface area contributed by atoms with Crippen molar-refractivity contribution in [2.45, 2.75) is 51.9 Å². The first kappa shape index (κ1) is 12.6. The Labute approximate surface area is 105 Å². The van der Waals surface area contributed by atoms with Gasteiger partial charge in [0.15, 0.2) is 0 Å². The van der Waals surface area contributed by atoms with Crippen LogP contribution in [0.4, 0.5) is 0 Å². The minimum atomic E-state index is 0.354. The van der Waals surface area contributed by atoms with Crippen LogP contribution in [0.3, 0.4) is 0 Å². The van der Waals surface area contributed by atoms with Crippen LogP contribution in [-0.2, 0) is 6.54 Å². The minimum Gasteiger partial charge on any atom is -0.327 e. The van der Waals surface area contributed by atoms with Crippen molar-refractivity contribution in [1.29, 1.82) is 0 Å².